The molecule has 21 heavy (non-hydrogen) atoms. The lowest BCUT2D eigenvalue weighted by atomic mass is 10.2. The number of nitrogens with zero attached hydrogens (tertiary/aromatic N) is 2. The van der Waals surface area contributed by atoms with Gasteiger partial charge < -0.3 is 10.1 Å². The van der Waals surface area contributed by atoms with Gasteiger partial charge in [0, 0.05) is 17.2 Å². The van der Waals surface area contributed by atoms with E-state index in [0.717, 1.165) is 10.1 Å². The average molecular weight is 322 g/mol. The van der Waals surface area contributed by atoms with Crippen LogP contribution in [0.1, 0.15) is 9.67 Å². The molecule has 3 aromatic rings. The number of hydrogen-bond donors (Lipinski definition) is 1. The summed E-state index contributed by atoms with van der Waals surface area (Å²) in [6.45, 7) is 0.333. The van der Waals surface area contributed by atoms with Crippen molar-refractivity contribution in [1.82, 2.24) is 9.78 Å². The van der Waals surface area contributed by atoms with Crippen molar-refractivity contribution in [2.75, 3.05) is 12.4 Å². The van der Waals surface area contributed by atoms with Gasteiger partial charge in [-0.1, -0.05) is 29.8 Å². The minimum absolute atomic E-state index is 0.238. The zero-order valence-corrected chi connectivity index (χ0v) is 12.7. The van der Waals surface area contributed by atoms with Crippen molar-refractivity contribution in [3.05, 3.63) is 46.6 Å². The fourth-order valence-electron chi connectivity index (χ4n) is 1.98. The Hall–Kier alpha value is -1.89. The number of aromatic nitrogens is 2. The third-order valence-electron chi connectivity index (χ3n) is 2.89. The lowest BCUT2D eigenvalue weighted by molar-refractivity contribution is 0.103. The molecule has 1 aromatic carbocycles. The number of ether oxygens (including phenoxy) is 1. The Balaban J connectivity index is 1.84. The van der Waals surface area contributed by atoms with E-state index in [9.17, 15) is 4.79 Å². The van der Waals surface area contributed by atoms with E-state index in [1.807, 2.05) is 24.3 Å². The van der Waals surface area contributed by atoms with Crippen LogP contribution in [0.2, 0.25) is 5.02 Å². The van der Waals surface area contributed by atoms with Crippen LogP contribution >= 0.6 is 22.9 Å². The summed E-state index contributed by atoms with van der Waals surface area (Å²) in [6, 6.07) is 7.67. The molecule has 1 amide bonds. The lowest BCUT2D eigenvalue weighted by Crippen LogP contribution is -2.10. The fraction of sp³-hybridized carbons (Fsp3) is 0.143. The molecule has 0 bridgehead atoms. The van der Waals surface area contributed by atoms with Gasteiger partial charge in [0.2, 0.25) is 0 Å². The second kappa shape index (κ2) is 5.85. The first kappa shape index (κ1) is 14.1. The summed E-state index contributed by atoms with van der Waals surface area (Å²) in [6.07, 6.45) is 3.26. The minimum Gasteiger partial charge on any atom is -0.362 e. The molecule has 2 heterocycles. The Kier molecular flexibility index (Phi) is 3.92. The number of anilines is 1. The number of halogens is 1. The standard InChI is InChI=1S/C14H12ClN3O2S/c1-20-8-18-7-9(6-16-18)17-14(19)13-12(15)10-4-2-3-5-11(10)21-13/h2-7H,8H2,1H3,(H,17,19). The highest BCUT2D eigenvalue weighted by Gasteiger charge is 2.17. The molecule has 0 aliphatic carbocycles. The Morgan fingerprint density at radius 1 is 1.48 bits per heavy atom. The molecule has 0 fully saturated rings. The molecule has 2 aromatic heterocycles. The molecule has 0 spiro atoms. The van der Waals surface area contributed by atoms with Crippen molar-refractivity contribution in [3.8, 4) is 0 Å². The Morgan fingerprint density at radius 3 is 3.05 bits per heavy atom. The largest absolute Gasteiger partial charge is 0.362 e. The molecule has 1 N–H and O–H groups in total. The first-order chi connectivity index (χ1) is 10.2. The molecule has 3 rings (SSSR count). The van der Waals surface area contributed by atoms with Crippen molar-refractivity contribution in [2.45, 2.75) is 6.73 Å². The average Bonchev–Trinajstić information content (AvgIpc) is 3.05. The highest BCUT2D eigenvalue weighted by molar-refractivity contribution is 7.21. The molecule has 0 atom stereocenters. The third-order valence-corrected chi connectivity index (χ3v) is 4.57. The van der Waals surface area contributed by atoms with Gasteiger partial charge in [-0.15, -0.1) is 11.3 Å². The van der Waals surface area contributed by atoms with Crippen molar-refractivity contribution in [2.24, 2.45) is 0 Å². The summed E-state index contributed by atoms with van der Waals surface area (Å²) in [7, 11) is 1.58. The molecular weight excluding hydrogens is 310 g/mol. The van der Waals surface area contributed by atoms with Crippen LogP contribution in [0.25, 0.3) is 10.1 Å². The van der Waals surface area contributed by atoms with E-state index in [0.29, 0.717) is 22.3 Å². The number of carbonyl (C=O) groups excluding carboxylic acids is 1. The minimum atomic E-state index is -0.238. The van der Waals surface area contributed by atoms with Crippen molar-refractivity contribution >= 4 is 44.6 Å². The third kappa shape index (κ3) is 2.78. The van der Waals surface area contributed by atoms with E-state index in [1.165, 1.54) is 11.3 Å². The predicted octanol–water partition coefficient (Wildman–Crippen LogP) is 3.61. The molecule has 7 heteroatoms. The highest BCUT2D eigenvalue weighted by Crippen LogP contribution is 2.35. The first-order valence-corrected chi connectivity index (χ1v) is 7.38. The van der Waals surface area contributed by atoms with Crippen LogP contribution in [-0.4, -0.2) is 22.8 Å². The Morgan fingerprint density at radius 2 is 2.29 bits per heavy atom. The number of thiophene rings is 1. The maximum absolute atomic E-state index is 12.3. The number of methoxy groups -OCH3 is 1. The molecule has 0 saturated carbocycles. The molecule has 108 valence electrons. The molecule has 0 aliphatic heterocycles. The summed E-state index contributed by atoms with van der Waals surface area (Å²) in [5.74, 6) is -0.238. The maximum atomic E-state index is 12.3. The molecule has 5 nitrogen and oxygen atoms in total. The van der Waals surface area contributed by atoms with E-state index < -0.39 is 0 Å². The number of rotatable bonds is 4. The molecular formula is C14H12ClN3O2S. The van der Waals surface area contributed by atoms with Gasteiger partial charge in [0.1, 0.15) is 11.6 Å². The monoisotopic (exact) mass is 321 g/mol. The zero-order chi connectivity index (χ0) is 14.8. The topological polar surface area (TPSA) is 56.1 Å². The highest BCUT2D eigenvalue weighted by atomic mass is 35.5. The van der Waals surface area contributed by atoms with E-state index in [2.05, 4.69) is 10.4 Å². The zero-order valence-electron chi connectivity index (χ0n) is 11.2. The summed E-state index contributed by atoms with van der Waals surface area (Å²) in [4.78, 5) is 12.8. The van der Waals surface area contributed by atoms with Gasteiger partial charge in [0.25, 0.3) is 5.91 Å². The van der Waals surface area contributed by atoms with Crippen LogP contribution in [0, 0.1) is 0 Å². The van der Waals surface area contributed by atoms with Gasteiger partial charge in [0.05, 0.1) is 23.1 Å². The fourth-order valence-corrected chi connectivity index (χ4v) is 3.39. The van der Waals surface area contributed by atoms with Crippen LogP contribution in [0.5, 0.6) is 0 Å². The van der Waals surface area contributed by atoms with E-state index >= 15 is 0 Å². The van der Waals surface area contributed by atoms with Crippen molar-refractivity contribution in [1.29, 1.82) is 0 Å². The van der Waals surface area contributed by atoms with Crippen LogP contribution < -0.4 is 5.32 Å². The Labute approximate surface area is 130 Å². The summed E-state index contributed by atoms with van der Waals surface area (Å²) in [5, 5.41) is 8.23. The summed E-state index contributed by atoms with van der Waals surface area (Å²) < 4.78 is 7.53. The molecule has 0 unspecified atom stereocenters. The lowest BCUT2D eigenvalue weighted by Gasteiger charge is -2.00. The molecule has 0 radical (unpaired) electrons. The SMILES string of the molecule is COCn1cc(NC(=O)c2sc3ccccc3c2Cl)cn1. The number of amides is 1. The molecule has 0 saturated heterocycles. The van der Waals surface area contributed by atoms with Crippen molar-refractivity contribution in [3.63, 3.8) is 0 Å². The number of nitrogens with one attached hydrogen (secondary N) is 1. The normalized spacial score (nSPS) is 11.0. The number of benzene rings is 1. The van der Waals surface area contributed by atoms with Crippen LogP contribution in [-0.2, 0) is 11.5 Å². The van der Waals surface area contributed by atoms with Gasteiger partial charge in [-0.2, -0.15) is 5.10 Å². The van der Waals surface area contributed by atoms with Gasteiger partial charge in [-0.25, -0.2) is 4.68 Å². The quantitative estimate of drug-likeness (QED) is 0.798. The van der Waals surface area contributed by atoms with E-state index in [1.54, 1.807) is 24.2 Å². The van der Waals surface area contributed by atoms with Crippen LogP contribution in [0.15, 0.2) is 36.7 Å². The number of fused-ring (bicyclic) bond motifs is 1. The number of hydrogen-bond acceptors (Lipinski definition) is 4. The second-order valence-corrected chi connectivity index (χ2v) is 5.81. The van der Waals surface area contributed by atoms with E-state index in [4.69, 9.17) is 16.3 Å². The molecule has 0 aliphatic rings. The van der Waals surface area contributed by atoms with Gasteiger partial charge in [0.15, 0.2) is 0 Å². The van der Waals surface area contributed by atoms with Gasteiger partial charge >= 0.3 is 0 Å². The summed E-state index contributed by atoms with van der Waals surface area (Å²) >= 11 is 7.65. The number of carbonyl (C=O) groups is 1. The van der Waals surface area contributed by atoms with Gasteiger partial charge in [-0.05, 0) is 6.07 Å². The maximum Gasteiger partial charge on any atom is 0.267 e. The smallest absolute Gasteiger partial charge is 0.267 e. The van der Waals surface area contributed by atoms with Crippen LogP contribution in [0.3, 0.4) is 0 Å². The second-order valence-electron chi connectivity index (χ2n) is 4.38. The van der Waals surface area contributed by atoms with Crippen LogP contribution in [0.4, 0.5) is 5.69 Å². The van der Waals surface area contributed by atoms with Crippen molar-refractivity contribution < 1.29 is 9.53 Å². The summed E-state index contributed by atoms with van der Waals surface area (Å²) in [5.41, 5.74) is 0.602. The van der Waals surface area contributed by atoms with E-state index in [-0.39, 0.29) is 5.91 Å². The van der Waals surface area contributed by atoms with Gasteiger partial charge in [-0.3, -0.25) is 4.79 Å². The Bertz CT molecular complexity index is 796. The first-order valence-electron chi connectivity index (χ1n) is 6.19. The predicted molar refractivity (Wildman–Crippen MR) is 84.0 cm³/mol.